The molecular weight excluding hydrogens is 314 g/mol. The minimum absolute atomic E-state index is 0.274. The summed E-state index contributed by atoms with van der Waals surface area (Å²) in [6.45, 7) is 2.01. The smallest absolute Gasteiger partial charge is 0.272 e. The number of pyridine rings is 1. The number of benzene rings is 2. The molecule has 5 nitrogen and oxygen atoms in total. The molecule has 0 bridgehead atoms. The summed E-state index contributed by atoms with van der Waals surface area (Å²) in [5.41, 5.74) is 4.88. The van der Waals surface area contributed by atoms with Crippen LogP contribution >= 0.6 is 0 Å². The molecule has 3 rings (SSSR count). The molecule has 0 aliphatic carbocycles. The predicted molar refractivity (Wildman–Crippen MR) is 99.0 cm³/mol. The Labute approximate surface area is 146 Å². The molecule has 0 unspecified atom stereocenters. The molecule has 0 aliphatic heterocycles. The van der Waals surface area contributed by atoms with Gasteiger partial charge in [0.15, 0.2) is 0 Å². The van der Waals surface area contributed by atoms with Crippen LogP contribution in [0.5, 0.6) is 5.75 Å². The highest BCUT2D eigenvalue weighted by molar-refractivity contribution is 6.04. The number of carbonyl (C=O) groups excluding carboxylic acids is 1. The van der Waals surface area contributed by atoms with E-state index in [1.165, 1.54) is 6.20 Å². The Morgan fingerprint density at radius 3 is 2.64 bits per heavy atom. The first-order valence-corrected chi connectivity index (χ1v) is 8.06. The van der Waals surface area contributed by atoms with Gasteiger partial charge in [0.2, 0.25) is 0 Å². The number of rotatable bonds is 5. The predicted octanol–water partition coefficient (Wildman–Crippen LogP) is 3.79. The summed E-state index contributed by atoms with van der Waals surface area (Å²) < 4.78 is 5.25. The van der Waals surface area contributed by atoms with E-state index in [2.05, 4.69) is 21.6 Å². The van der Waals surface area contributed by atoms with E-state index in [0.29, 0.717) is 12.0 Å². The standard InChI is InChI=1S/C20H19N3O2/c1-3-19(22-23-20(24)17-5-4-10-21-13-17)16-7-6-15-12-18(25-2)9-8-14(15)11-16/h4-13H,3H2,1-2H3,(H,23,24)/b22-19-. The number of nitrogens with one attached hydrogen (secondary N) is 1. The third-order valence-corrected chi connectivity index (χ3v) is 3.93. The molecule has 0 aliphatic rings. The molecule has 0 atom stereocenters. The van der Waals surface area contributed by atoms with Crippen molar-refractivity contribution in [3.63, 3.8) is 0 Å². The SMILES string of the molecule is CC/C(=N/NC(=O)c1cccnc1)c1ccc2cc(OC)ccc2c1. The van der Waals surface area contributed by atoms with E-state index in [9.17, 15) is 4.79 Å². The van der Waals surface area contributed by atoms with Gasteiger partial charge >= 0.3 is 0 Å². The average Bonchev–Trinajstić information content (AvgIpc) is 2.68. The second kappa shape index (κ2) is 7.57. The fraction of sp³-hybridized carbons (Fsp3) is 0.150. The largest absolute Gasteiger partial charge is 0.497 e. The van der Waals surface area contributed by atoms with Crippen LogP contribution in [-0.4, -0.2) is 23.7 Å². The van der Waals surface area contributed by atoms with E-state index in [1.54, 1.807) is 25.4 Å². The van der Waals surface area contributed by atoms with Gasteiger partial charge in [-0.1, -0.05) is 25.1 Å². The number of aromatic nitrogens is 1. The number of hydrogen-bond donors (Lipinski definition) is 1. The second-order valence-electron chi connectivity index (χ2n) is 5.52. The lowest BCUT2D eigenvalue weighted by molar-refractivity contribution is 0.0954. The van der Waals surface area contributed by atoms with Crippen LogP contribution in [0.3, 0.4) is 0 Å². The summed E-state index contributed by atoms with van der Waals surface area (Å²) in [5.74, 6) is 0.554. The number of ether oxygens (including phenoxy) is 1. The molecule has 0 fully saturated rings. The molecule has 0 saturated carbocycles. The van der Waals surface area contributed by atoms with Crippen LogP contribution in [0.25, 0.3) is 10.8 Å². The summed E-state index contributed by atoms with van der Waals surface area (Å²) in [6, 6.07) is 15.4. The maximum absolute atomic E-state index is 12.1. The third-order valence-electron chi connectivity index (χ3n) is 3.93. The van der Waals surface area contributed by atoms with Gasteiger partial charge in [-0.2, -0.15) is 5.10 Å². The zero-order valence-corrected chi connectivity index (χ0v) is 14.2. The van der Waals surface area contributed by atoms with Crippen molar-refractivity contribution in [3.8, 4) is 5.75 Å². The van der Waals surface area contributed by atoms with Crippen LogP contribution in [0.15, 0.2) is 66.0 Å². The van der Waals surface area contributed by atoms with E-state index in [0.717, 1.165) is 27.8 Å². The lowest BCUT2D eigenvalue weighted by Crippen LogP contribution is -2.20. The quantitative estimate of drug-likeness (QED) is 0.571. The molecule has 0 saturated heterocycles. The molecule has 0 spiro atoms. The average molecular weight is 333 g/mol. The highest BCUT2D eigenvalue weighted by Gasteiger charge is 2.07. The van der Waals surface area contributed by atoms with Gasteiger partial charge in [-0.15, -0.1) is 0 Å². The maximum Gasteiger partial charge on any atom is 0.272 e. The summed E-state index contributed by atoms with van der Waals surface area (Å²) >= 11 is 0. The van der Waals surface area contributed by atoms with Gasteiger partial charge in [0.1, 0.15) is 5.75 Å². The van der Waals surface area contributed by atoms with E-state index in [1.807, 2.05) is 37.3 Å². The van der Waals surface area contributed by atoms with Gasteiger partial charge in [0, 0.05) is 12.4 Å². The molecule has 1 heterocycles. The lowest BCUT2D eigenvalue weighted by Gasteiger charge is -2.08. The Kier molecular flexibility index (Phi) is 5.04. The normalized spacial score (nSPS) is 11.4. The zero-order chi connectivity index (χ0) is 17.6. The number of carbonyl (C=O) groups is 1. The first-order chi connectivity index (χ1) is 12.2. The van der Waals surface area contributed by atoms with Gasteiger partial charge in [0.05, 0.1) is 18.4 Å². The van der Waals surface area contributed by atoms with Crippen LogP contribution in [0.1, 0.15) is 29.3 Å². The first kappa shape index (κ1) is 16.6. The van der Waals surface area contributed by atoms with Crippen LogP contribution in [0, 0.1) is 0 Å². The van der Waals surface area contributed by atoms with E-state index in [-0.39, 0.29) is 5.91 Å². The molecule has 1 aromatic heterocycles. The van der Waals surface area contributed by atoms with Gasteiger partial charge < -0.3 is 4.74 Å². The minimum atomic E-state index is -0.274. The molecule has 0 radical (unpaired) electrons. The molecule has 3 aromatic rings. The minimum Gasteiger partial charge on any atom is -0.497 e. The summed E-state index contributed by atoms with van der Waals surface area (Å²) in [5, 5.41) is 6.48. The number of hydrazone groups is 1. The van der Waals surface area contributed by atoms with Gasteiger partial charge in [-0.25, -0.2) is 5.43 Å². The van der Waals surface area contributed by atoms with Gasteiger partial charge in [-0.05, 0) is 53.1 Å². The van der Waals surface area contributed by atoms with Crippen molar-refractivity contribution in [1.29, 1.82) is 0 Å². The van der Waals surface area contributed by atoms with Crippen molar-refractivity contribution in [2.24, 2.45) is 5.10 Å². The lowest BCUT2D eigenvalue weighted by atomic mass is 10.0. The third kappa shape index (κ3) is 3.83. The van der Waals surface area contributed by atoms with Crippen LogP contribution in [0.4, 0.5) is 0 Å². The highest BCUT2D eigenvalue weighted by atomic mass is 16.5. The topological polar surface area (TPSA) is 63.6 Å². The molecular formula is C20H19N3O2. The molecule has 5 heteroatoms. The number of hydrogen-bond acceptors (Lipinski definition) is 4. The first-order valence-electron chi connectivity index (χ1n) is 8.06. The van der Waals surface area contributed by atoms with Crippen molar-refractivity contribution >= 4 is 22.4 Å². The number of methoxy groups -OCH3 is 1. The number of fused-ring (bicyclic) bond motifs is 1. The summed E-state index contributed by atoms with van der Waals surface area (Å²) in [4.78, 5) is 16.0. The fourth-order valence-corrected chi connectivity index (χ4v) is 2.56. The van der Waals surface area contributed by atoms with E-state index >= 15 is 0 Å². The van der Waals surface area contributed by atoms with E-state index < -0.39 is 0 Å². The molecule has 2 aromatic carbocycles. The fourth-order valence-electron chi connectivity index (χ4n) is 2.56. The molecule has 25 heavy (non-hydrogen) atoms. The van der Waals surface area contributed by atoms with Crippen molar-refractivity contribution in [2.45, 2.75) is 13.3 Å². The van der Waals surface area contributed by atoms with Crippen LogP contribution in [-0.2, 0) is 0 Å². The number of amides is 1. The Morgan fingerprint density at radius 1 is 1.12 bits per heavy atom. The van der Waals surface area contributed by atoms with Crippen molar-refractivity contribution in [3.05, 3.63) is 72.1 Å². The number of nitrogens with zero attached hydrogens (tertiary/aromatic N) is 2. The van der Waals surface area contributed by atoms with Crippen LogP contribution in [0.2, 0.25) is 0 Å². The van der Waals surface area contributed by atoms with E-state index in [4.69, 9.17) is 4.74 Å². The summed E-state index contributed by atoms with van der Waals surface area (Å²) in [6.07, 6.45) is 3.84. The highest BCUT2D eigenvalue weighted by Crippen LogP contribution is 2.22. The Hall–Kier alpha value is -3.21. The van der Waals surface area contributed by atoms with Crippen molar-refractivity contribution in [2.75, 3.05) is 7.11 Å². The van der Waals surface area contributed by atoms with Crippen molar-refractivity contribution < 1.29 is 9.53 Å². The molecule has 1 N–H and O–H groups in total. The monoisotopic (exact) mass is 333 g/mol. The van der Waals surface area contributed by atoms with Gasteiger partial charge in [-0.3, -0.25) is 9.78 Å². The maximum atomic E-state index is 12.1. The Balaban J connectivity index is 1.84. The van der Waals surface area contributed by atoms with Crippen LogP contribution < -0.4 is 10.2 Å². The molecule has 1 amide bonds. The van der Waals surface area contributed by atoms with Gasteiger partial charge in [0.25, 0.3) is 5.91 Å². The van der Waals surface area contributed by atoms with Crippen molar-refractivity contribution in [1.82, 2.24) is 10.4 Å². The Morgan fingerprint density at radius 2 is 1.92 bits per heavy atom. The Bertz CT molecular complexity index is 921. The summed E-state index contributed by atoms with van der Waals surface area (Å²) in [7, 11) is 1.66. The zero-order valence-electron chi connectivity index (χ0n) is 14.2. The second-order valence-corrected chi connectivity index (χ2v) is 5.52. The molecule has 126 valence electrons.